The van der Waals surface area contributed by atoms with E-state index in [9.17, 15) is 44.1 Å². The van der Waals surface area contributed by atoms with Gasteiger partial charge in [0.15, 0.2) is 12.4 Å². The maximum absolute atomic E-state index is 14.4. The summed E-state index contributed by atoms with van der Waals surface area (Å²) in [6, 6.07) is -2.85. The highest BCUT2D eigenvalue weighted by Crippen LogP contribution is 2.37. The van der Waals surface area contributed by atoms with E-state index >= 15 is 0 Å². The number of methoxy groups -OCH3 is 2. The van der Waals surface area contributed by atoms with Crippen molar-refractivity contribution in [2.24, 2.45) is 35.3 Å². The first-order valence-corrected chi connectivity index (χ1v) is 24.9. The fraction of sp³-hybridized carbons (Fsp3) is 0.698. The molecule has 0 radical (unpaired) electrons. The van der Waals surface area contributed by atoms with Crippen LogP contribution in [0.1, 0.15) is 119 Å². The predicted molar refractivity (Wildman–Crippen MR) is 260 cm³/mol. The van der Waals surface area contributed by atoms with Gasteiger partial charge in [0.25, 0.3) is 11.7 Å². The van der Waals surface area contributed by atoms with Gasteiger partial charge in [0.2, 0.25) is 5.79 Å². The number of allylic oxidation sites excluding steroid dienone is 6. The summed E-state index contributed by atoms with van der Waals surface area (Å²) in [6.07, 6.45) is 13.3. The first-order valence-electron chi connectivity index (χ1n) is 24.9. The molecule has 2 amide bonds. The van der Waals surface area contributed by atoms with E-state index in [4.69, 9.17) is 35.8 Å². The lowest BCUT2D eigenvalue weighted by Gasteiger charge is -2.43. The van der Waals surface area contributed by atoms with Crippen molar-refractivity contribution in [1.82, 2.24) is 10.2 Å². The summed E-state index contributed by atoms with van der Waals surface area (Å²) >= 11 is 0. The minimum Gasteiger partial charge on any atom is -0.459 e. The summed E-state index contributed by atoms with van der Waals surface area (Å²) in [4.78, 5) is 84.8. The third kappa shape index (κ3) is 15.7. The van der Waals surface area contributed by atoms with Crippen molar-refractivity contribution < 1.29 is 67.8 Å². The number of fused-ring (bicyclic) bond motifs is 3. The Morgan fingerprint density at radius 2 is 1.69 bits per heavy atom. The summed E-state index contributed by atoms with van der Waals surface area (Å²) in [5.74, 6) is -6.52. The molecule has 2 bridgehead atoms. The van der Waals surface area contributed by atoms with Gasteiger partial charge in [-0.2, -0.15) is 0 Å². The standard InChI is InChI=1S/C53H79N3O14/c1-10-24-68-52(64)55-40-29-38-21-19-36(7)53(65,70-38)49(61)50(62)56-23-15-14-18-41(56)51(63)69-44(39(54)27-37-20-22-42(57)45(28-37)66-8)30-43(58)33(4)26-35(6)47(60)48(67-9)46(59)34(5)25-31(2)16-12-11-13-17-32(40)3/h1,11-13,16-17,26,31,33-34,36-42,44-45,47-48,57,60,65H,14-15,18-25,27-30,54H2,2-9H3,(H,55,64)/b13-11?,16-12+,32-17?,35-26+/t31-,33-,34-,36-,37+,38+,39-,40?,41+,42-,44+,45-,47-,48+,53-/m1/s1. The van der Waals surface area contributed by atoms with Crippen LogP contribution in [-0.2, 0) is 47.7 Å². The van der Waals surface area contributed by atoms with Crippen molar-refractivity contribution in [3.63, 3.8) is 0 Å². The number of aliphatic hydroxyl groups is 3. The molecule has 17 nitrogen and oxygen atoms in total. The van der Waals surface area contributed by atoms with Gasteiger partial charge in [0, 0.05) is 51.0 Å². The molecule has 0 aromatic rings. The van der Waals surface area contributed by atoms with Gasteiger partial charge in [-0.05, 0) is 102 Å². The number of nitrogens with two attached hydrogens (primary N) is 1. The van der Waals surface area contributed by atoms with E-state index in [1.54, 1.807) is 58.9 Å². The topological polar surface area (TPSA) is 251 Å². The van der Waals surface area contributed by atoms with Gasteiger partial charge in [0.1, 0.15) is 30.1 Å². The zero-order chi connectivity index (χ0) is 51.9. The maximum atomic E-state index is 14.4. The quantitative estimate of drug-likeness (QED) is 0.101. The number of Topliss-reactive ketones (excluding diaryl/α,β-unsaturated/α-hetero) is 3. The molecule has 3 heterocycles. The number of ketones is 3. The Labute approximate surface area is 414 Å². The monoisotopic (exact) mass is 982 g/mol. The molecule has 0 aromatic heterocycles. The van der Waals surface area contributed by atoms with Crippen molar-refractivity contribution in [3.05, 3.63) is 47.6 Å². The van der Waals surface area contributed by atoms with Gasteiger partial charge >= 0.3 is 12.1 Å². The number of nitrogens with zero attached hydrogens (tertiary/aromatic N) is 1. The number of ether oxygens (including phenoxy) is 5. The van der Waals surface area contributed by atoms with Crippen LogP contribution in [0.4, 0.5) is 4.79 Å². The molecule has 4 aliphatic rings. The molecule has 15 atom stereocenters. The van der Waals surface area contributed by atoms with E-state index in [1.165, 1.54) is 14.2 Å². The Morgan fingerprint density at radius 3 is 2.37 bits per heavy atom. The number of aliphatic hydroxyl groups excluding tert-OH is 2. The number of rotatable bonds is 7. The number of nitrogens with one attached hydrogen (secondary N) is 1. The van der Waals surface area contributed by atoms with Gasteiger partial charge < -0.3 is 55.0 Å². The SMILES string of the molecule is C#CCOC(=O)NC1C[C@@H]2CC[C@@H](C)[C@@](O)(O2)C(=O)C(=O)N2CCCC[C@H]2C(=O)O[C@H]([C@H](N)C[C@@H]2CC[C@@H](O)[C@H](OC)C2)CC(=O)[C@H](C)/C=C(\C)[C@@H](O)[C@@H](OC)C(=O)[C@H](C)C[C@H](C)/C=C/C=CC=C1C. The lowest BCUT2D eigenvalue weighted by molar-refractivity contribution is -0.264. The lowest BCUT2D eigenvalue weighted by Crippen LogP contribution is -2.61. The molecular formula is C53H79N3O14. The predicted octanol–water partition coefficient (Wildman–Crippen LogP) is 4.58. The average Bonchev–Trinajstić information content (AvgIpc) is 3.33. The number of hydrogen-bond donors (Lipinski definition) is 5. The van der Waals surface area contributed by atoms with Gasteiger partial charge in [-0.3, -0.25) is 19.2 Å². The van der Waals surface area contributed by atoms with E-state index in [0.717, 1.165) is 4.90 Å². The van der Waals surface area contributed by atoms with Crippen LogP contribution < -0.4 is 11.1 Å². The normalized spacial score (nSPS) is 36.9. The molecule has 390 valence electrons. The minimum atomic E-state index is -2.58. The average molecular weight is 982 g/mol. The van der Waals surface area contributed by atoms with Gasteiger partial charge in [-0.25, -0.2) is 9.59 Å². The number of esters is 1. The van der Waals surface area contributed by atoms with Crippen molar-refractivity contribution >= 4 is 35.3 Å². The van der Waals surface area contributed by atoms with Crippen molar-refractivity contribution in [2.75, 3.05) is 27.4 Å². The van der Waals surface area contributed by atoms with Crippen LogP contribution in [0.25, 0.3) is 0 Å². The zero-order valence-corrected chi connectivity index (χ0v) is 42.4. The van der Waals surface area contributed by atoms with E-state index in [-0.39, 0.29) is 62.2 Å². The maximum Gasteiger partial charge on any atom is 0.408 e. The van der Waals surface area contributed by atoms with E-state index in [1.807, 2.05) is 19.1 Å². The first-order chi connectivity index (χ1) is 33.1. The van der Waals surface area contributed by atoms with Crippen LogP contribution >= 0.6 is 0 Å². The van der Waals surface area contributed by atoms with Gasteiger partial charge in [0.05, 0.1) is 24.4 Å². The second kappa shape index (κ2) is 27.3. The number of alkyl carbamates (subject to hydrolysis) is 1. The third-order valence-electron chi connectivity index (χ3n) is 14.6. The molecule has 2 saturated heterocycles. The number of amides is 2. The lowest BCUT2D eigenvalue weighted by atomic mass is 9.80. The molecular weight excluding hydrogens is 903 g/mol. The molecule has 4 rings (SSSR count). The fourth-order valence-electron chi connectivity index (χ4n) is 10.1. The number of terminal acetylenes is 1. The van der Waals surface area contributed by atoms with Crippen molar-refractivity contribution in [3.8, 4) is 12.3 Å². The Morgan fingerprint density at radius 1 is 0.957 bits per heavy atom. The first kappa shape index (κ1) is 58.0. The third-order valence-corrected chi connectivity index (χ3v) is 14.6. The number of carbonyl (C=O) groups excluding carboxylic acids is 6. The Hall–Kier alpha value is -4.54. The van der Waals surface area contributed by atoms with Crippen LogP contribution in [0, 0.1) is 41.9 Å². The van der Waals surface area contributed by atoms with E-state index < -0.39 is 102 Å². The molecule has 1 aliphatic carbocycles. The molecule has 3 aliphatic heterocycles. The van der Waals surface area contributed by atoms with E-state index in [2.05, 4.69) is 11.2 Å². The van der Waals surface area contributed by atoms with E-state index in [0.29, 0.717) is 62.5 Å². The molecule has 0 spiro atoms. The Bertz CT molecular complexity index is 1990. The Kier molecular flexibility index (Phi) is 22.7. The summed E-state index contributed by atoms with van der Waals surface area (Å²) in [5, 5.41) is 36.8. The van der Waals surface area contributed by atoms with Crippen LogP contribution in [0.5, 0.6) is 0 Å². The largest absolute Gasteiger partial charge is 0.459 e. The second-order valence-corrected chi connectivity index (χ2v) is 20.0. The molecule has 3 fully saturated rings. The zero-order valence-electron chi connectivity index (χ0n) is 42.4. The highest BCUT2D eigenvalue weighted by atomic mass is 16.6. The summed E-state index contributed by atoms with van der Waals surface area (Å²) < 4.78 is 28.5. The molecule has 1 saturated carbocycles. The van der Waals surface area contributed by atoms with Crippen molar-refractivity contribution in [1.29, 1.82) is 0 Å². The smallest absolute Gasteiger partial charge is 0.408 e. The molecule has 0 aromatic carbocycles. The number of hydrogen-bond acceptors (Lipinski definition) is 15. The number of carbonyl (C=O) groups is 6. The minimum absolute atomic E-state index is 0.00123. The Balaban J connectivity index is 1.73. The van der Waals surface area contributed by atoms with Gasteiger partial charge in [-0.15, -0.1) is 6.42 Å². The van der Waals surface area contributed by atoms with Crippen LogP contribution in [0.15, 0.2) is 47.6 Å². The highest BCUT2D eigenvalue weighted by molar-refractivity contribution is 6.39. The molecule has 6 N–H and O–H groups in total. The molecule has 17 heteroatoms. The van der Waals surface area contributed by atoms with Crippen LogP contribution in [0.3, 0.4) is 0 Å². The highest BCUT2D eigenvalue weighted by Gasteiger charge is 2.53. The fourth-order valence-corrected chi connectivity index (χ4v) is 10.1. The van der Waals surface area contributed by atoms with Crippen LogP contribution in [0.2, 0.25) is 0 Å². The number of cyclic esters (lactones) is 1. The molecule has 70 heavy (non-hydrogen) atoms. The number of piperidine rings is 1. The molecule has 1 unspecified atom stereocenters. The van der Waals surface area contributed by atoms with Crippen LogP contribution in [-0.4, -0.2) is 143 Å². The van der Waals surface area contributed by atoms with Gasteiger partial charge in [-0.1, -0.05) is 75.6 Å². The summed E-state index contributed by atoms with van der Waals surface area (Å²) in [7, 11) is 2.86. The van der Waals surface area contributed by atoms with Crippen molar-refractivity contribution in [2.45, 2.75) is 179 Å². The second-order valence-electron chi connectivity index (χ2n) is 20.0. The summed E-state index contributed by atoms with van der Waals surface area (Å²) in [5.41, 5.74) is 7.84. The summed E-state index contributed by atoms with van der Waals surface area (Å²) in [6.45, 7) is 10.1.